The number of aliphatic carboxylic acids is 1. The number of carboxylic acid groups (broad SMARTS) is 3. The number of hydrogen-bond donors (Lipinski definition) is 3. The van der Waals surface area contributed by atoms with Gasteiger partial charge in [0, 0.05) is 6.92 Å². The molecule has 0 aliphatic heterocycles. The number of carboxylic acids is 1. The Hall–Kier alpha value is 1.48. The topological polar surface area (TPSA) is 94.8 Å². The molecule has 7 heteroatoms. The SMILES string of the molecule is CC(=O)O.O=C(O)O.[Ca+2].[H-].[H-].[H-].[H-].[Sr+2]. The van der Waals surface area contributed by atoms with E-state index in [1.165, 1.54) is 0 Å². The molecule has 0 aromatic carbocycles. The summed E-state index contributed by atoms with van der Waals surface area (Å²) in [5, 5.41) is 21.4. The third-order valence-electron chi connectivity index (χ3n) is 0. The molecular weight excluding hydrogens is 244 g/mol. The minimum Gasteiger partial charge on any atom is -1.00 e. The summed E-state index contributed by atoms with van der Waals surface area (Å²) in [4.78, 5) is 17.6. The first-order chi connectivity index (χ1) is 3.46. The molecule has 0 amide bonds. The summed E-state index contributed by atoms with van der Waals surface area (Å²) in [5.41, 5.74) is 0. The van der Waals surface area contributed by atoms with Crippen LogP contribution in [0.2, 0.25) is 0 Å². The van der Waals surface area contributed by atoms with Gasteiger partial charge in [-0.1, -0.05) is 0 Å². The molecule has 0 rings (SSSR count). The monoisotopic (exact) mass is 254 g/mol. The fourth-order valence-corrected chi connectivity index (χ4v) is 0. The summed E-state index contributed by atoms with van der Waals surface area (Å²) in [6, 6.07) is 0. The molecule has 0 saturated heterocycles. The quantitative estimate of drug-likeness (QED) is 0.529. The van der Waals surface area contributed by atoms with Crippen LogP contribution in [0.25, 0.3) is 0 Å². The van der Waals surface area contributed by atoms with E-state index in [9.17, 15) is 0 Å². The summed E-state index contributed by atoms with van der Waals surface area (Å²) < 4.78 is 0. The summed E-state index contributed by atoms with van der Waals surface area (Å²) in [6.45, 7) is 1.08. The molecule has 0 spiro atoms. The summed E-state index contributed by atoms with van der Waals surface area (Å²) in [7, 11) is 0. The van der Waals surface area contributed by atoms with Crippen molar-refractivity contribution >= 4 is 95.3 Å². The third-order valence-corrected chi connectivity index (χ3v) is 0. The fourth-order valence-electron chi connectivity index (χ4n) is 0. The van der Waals surface area contributed by atoms with Crippen LogP contribution < -0.4 is 0 Å². The van der Waals surface area contributed by atoms with Gasteiger partial charge in [-0.2, -0.15) is 0 Å². The number of hydrogen-bond acceptors (Lipinski definition) is 2. The average Bonchev–Trinajstić information content (AvgIpc) is 1.25. The Bertz CT molecular complexity index is 87.0. The smallest absolute Gasteiger partial charge is 1.00 e. The van der Waals surface area contributed by atoms with Crippen LogP contribution in [0.5, 0.6) is 0 Å². The van der Waals surface area contributed by atoms with Crippen molar-refractivity contribution in [1.82, 2.24) is 0 Å². The van der Waals surface area contributed by atoms with Crippen molar-refractivity contribution < 1.29 is 30.6 Å². The van der Waals surface area contributed by atoms with Gasteiger partial charge in [0.1, 0.15) is 0 Å². The zero-order chi connectivity index (χ0) is 7.15. The summed E-state index contributed by atoms with van der Waals surface area (Å²) >= 11 is 0. The number of rotatable bonds is 0. The van der Waals surface area contributed by atoms with Crippen molar-refractivity contribution in [3.05, 3.63) is 0 Å². The Morgan fingerprint density at radius 1 is 1.20 bits per heavy atom. The number of carbonyl (C=O) groups is 2. The standard InChI is InChI=1S/C2H4O2.CH2O3.Ca.Sr.4H/c1-2(3)4;2-1(3)4;;;;;;/h1H3,(H,3,4);(H2,2,3,4);;;;;;/q;;2*+2;4*-1. The molecule has 0 bridgehead atoms. The fraction of sp³-hybridized carbons (Fsp3) is 0.333. The molecule has 0 heterocycles. The Balaban J connectivity index is -0.00000000600. The third kappa shape index (κ3) is 311. The van der Waals surface area contributed by atoms with E-state index >= 15 is 0 Å². The molecule has 10 heavy (non-hydrogen) atoms. The van der Waals surface area contributed by atoms with Gasteiger partial charge in [-0.3, -0.25) is 4.79 Å². The van der Waals surface area contributed by atoms with Crippen molar-refractivity contribution in [2.45, 2.75) is 6.92 Å². The molecular formula is C3H10CaO5Sr. The molecule has 3 N–H and O–H groups in total. The first kappa shape index (κ1) is 22.5. The van der Waals surface area contributed by atoms with Crippen molar-refractivity contribution in [1.29, 1.82) is 0 Å². The maximum atomic E-state index is 9.00. The van der Waals surface area contributed by atoms with Gasteiger partial charge in [-0.25, -0.2) is 4.79 Å². The Morgan fingerprint density at radius 2 is 1.20 bits per heavy atom. The maximum Gasteiger partial charge on any atom is 2.00 e. The van der Waals surface area contributed by atoms with E-state index in [0.717, 1.165) is 6.92 Å². The van der Waals surface area contributed by atoms with E-state index in [0.29, 0.717) is 0 Å². The summed E-state index contributed by atoms with van der Waals surface area (Å²) in [5.74, 6) is -0.833. The molecule has 0 aromatic rings. The minimum atomic E-state index is -1.83. The van der Waals surface area contributed by atoms with Crippen LogP contribution in [0.15, 0.2) is 0 Å². The van der Waals surface area contributed by atoms with Crippen LogP contribution in [0.1, 0.15) is 12.6 Å². The van der Waals surface area contributed by atoms with E-state index < -0.39 is 12.1 Å². The molecule has 0 saturated carbocycles. The van der Waals surface area contributed by atoms with Gasteiger partial charge in [0.25, 0.3) is 5.97 Å². The normalized spacial score (nSPS) is 4.90. The Kier molecular flexibility index (Phi) is 37.9. The minimum absolute atomic E-state index is 0. The molecule has 56 valence electrons. The van der Waals surface area contributed by atoms with Gasteiger partial charge >= 0.3 is 89.4 Å². The largest absolute Gasteiger partial charge is 2.00 e. The molecule has 0 aliphatic carbocycles. The van der Waals surface area contributed by atoms with Crippen LogP contribution >= 0.6 is 0 Å². The maximum absolute atomic E-state index is 9.00. The van der Waals surface area contributed by atoms with Crippen LogP contribution in [0, 0.1) is 0 Å². The second-order valence-electron chi connectivity index (χ2n) is 0.802. The van der Waals surface area contributed by atoms with Gasteiger partial charge in [0.2, 0.25) is 0 Å². The van der Waals surface area contributed by atoms with Crippen LogP contribution in [0.4, 0.5) is 4.79 Å². The van der Waals surface area contributed by atoms with Crippen LogP contribution in [0.3, 0.4) is 0 Å². The van der Waals surface area contributed by atoms with Crippen molar-refractivity contribution in [3.63, 3.8) is 0 Å². The molecule has 0 atom stereocenters. The van der Waals surface area contributed by atoms with Crippen molar-refractivity contribution in [2.24, 2.45) is 0 Å². The van der Waals surface area contributed by atoms with E-state index in [2.05, 4.69) is 0 Å². The van der Waals surface area contributed by atoms with Crippen molar-refractivity contribution in [2.75, 3.05) is 0 Å². The predicted octanol–water partition coefficient (Wildman–Crippen LogP) is 0.00170. The summed E-state index contributed by atoms with van der Waals surface area (Å²) in [6.07, 6.45) is -1.83. The zero-order valence-corrected chi connectivity index (χ0v) is 11.3. The zero-order valence-electron chi connectivity index (χ0n) is 9.57. The Labute approximate surface area is 131 Å². The van der Waals surface area contributed by atoms with Crippen LogP contribution in [-0.2, 0) is 4.79 Å². The first-order valence-corrected chi connectivity index (χ1v) is 1.58. The predicted molar refractivity (Wildman–Crippen MR) is 39.9 cm³/mol. The van der Waals surface area contributed by atoms with E-state index in [1.807, 2.05) is 0 Å². The van der Waals surface area contributed by atoms with Gasteiger partial charge in [-0.05, 0) is 0 Å². The van der Waals surface area contributed by atoms with Gasteiger partial charge in [-0.15, -0.1) is 0 Å². The second-order valence-corrected chi connectivity index (χ2v) is 0.802. The molecule has 0 aromatic heterocycles. The first-order valence-electron chi connectivity index (χ1n) is 1.58. The average molecular weight is 254 g/mol. The van der Waals surface area contributed by atoms with Crippen LogP contribution in [-0.4, -0.2) is 111 Å². The molecule has 5 nitrogen and oxygen atoms in total. The second kappa shape index (κ2) is 16.8. The Morgan fingerprint density at radius 3 is 1.20 bits per heavy atom. The van der Waals surface area contributed by atoms with Gasteiger partial charge < -0.3 is 21.0 Å². The van der Waals surface area contributed by atoms with Gasteiger partial charge in [0.05, 0.1) is 0 Å². The van der Waals surface area contributed by atoms with E-state index in [4.69, 9.17) is 24.9 Å². The van der Waals surface area contributed by atoms with E-state index in [-0.39, 0.29) is 88.9 Å². The molecule has 0 unspecified atom stereocenters. The van der Waals surface area contributed by atoms with Gasteiger partial charge in [0.15, 0.2) is 0 Å². The van der Waals surface area contributed by atoms with E-state index in [1.54, 1.807) is 0 Å². The molecule has 0 radical (unpaired) electrons. The molecule has 0 aliphatic rings. The molecule has 0 fully saturated rings. The van der Waals surface area contributed by atoms with Crippen molar-refractivity contribution in [3.8, 4) is 0 Å².